The summed E-state index contributed by atoms with van der Waals surface area (Å²) in [5.74, 6) is -0.632. The van der Waals surface area contributed by atoms with Crippen LogP contribution in [-0.2, 0) is 40.4 Å². The number of likely N-dealkylation sites (N-methyl/N-ethyl adjacent to an activating group) is 1. The second-order valence-electron chi connectivity index (χ2n) is 15.6. The molecule has 2 aliphatic heterocycles. The summed E-state index contributed by atoms with van der Waals surface area (Å²) in [6, 6.07) is 41.1. The fraction of sp³-hybridized carbons (Fsp3) is 0.200. The van der Waals surface area contributed by atoms with Gasteiger partial charge in [-0.1, -0.05) is 108 Å². The standard InChI is InChI=1S/C50H42Cl2N4O6/c1-30(34-6-4-3-5-7-34)56-28-39-26-46-44(55(2)49(58)47(62-46)37-17-19-40(20-18-37)61-29-33-12-21-41(51)42(52)22-33)24-38(39)25-45(56)48(57)54-43(50(59)60)23-31-8-13-35(14-9-31)36-15-10-32(27-53)11-16-36/h3-22,24,26,30,43,45,47H,23,25,28-29H2,1-2H3,(H,54,57)(H,59,60)/t30?,43?,45-,47-/m0/s1. The molecule has 0 fully saturated rings. The molecular weight excluding hydrogens is 823 g/mol. The summed E-state index contributed by atoms with van der Waals surface area (Å²) in [5.41, 5.74) is 8.11. The van der Waals surface area contributed by atoms with Crippen LogP contribution in [0.1, 0.15) is 58.0 Å². The second kappa shape index (κ2) is 18.1. The van der Waals surface area contributed by atoms with Crippen LogP contribution in [0, 0.1) is 11.3 Å². The molecule has 2 N–H and O–H groups in total. The van der Waals surface area contributed by atoms with E-state index in [1.54, 1.807) is 48.3 Å². The number of nitriles is 1. The van der Waals surface area contributed by atoms with Crippen molar-refractivity contribution in [2.24, 2.45) is 0 Å². The van der Waals surface area contributed by atoms with Gasteiger partial charge in [-0.2, -0.15) is 5.26 Å². The quantitative estimate of drug-likeness (QED) is 0.124. The number of hydrogen-bond donors (Lipinski definition) is 2. The van der Waals surface area contributed by atoms with Crippen LogP contribution in [0.2, 0.25) is 10.0 Å². The van der Waals surface area contributed by atoms with Gasteiger partial charge >= 0.3 is 5.97 Å². The number of carboxylic acid groups (broad SMARTS) is 1. The second-order valence-corrected chi connectivity index (χ2v) is 16.4. The maximum Gasteiger partial charge on any atom is 0.326 e. The molecule has 0 saturated carbocycles. The lowest BCUT2D eigenvalue weighted by molar-refractivity contribution is -0.143. The number of carbonyl (C=O) groups excluding carboxylic acids is 2. The van der Waals surface area contributed by atoms with Crippen molar-refractivity contribution in [3.05, 3.63) is 182 Å². The van der Waals surface area contributed by atoms with Gasteiger partial charge < -0.3 is 24.8 Å². The maximum atomic E-state index is 14.4. The lowest BCUT2D eigenvalue weighted by Crippen LogP contribution is -2.55. The molecule has 2 unspecified atom stereocenters. The molecule has 2 amide bonds. The predicted octanol–water partition coefficient (Wildman–Crippen LogP) is 9.51. The fourth-order valence-corrected chi connectivity index (χ4v) is 8.37. The summed E-state index contributed by atoms with van der Waals surface area (Å²) < 4.78 is 12.4. The first-order valence-electron chi connectivity index (χ1n) is 20.2. The summed E-state index contributed by atoms with van der Waals surface area (Å²) in [6.45, 7) is 2.71. The smallest absolute Gasteiger partial charge is 0.326 e. The van der Waals surface area contributed by atoms with E-state index in [1.165, 1.54) is 0 Å². The third-order valence-corrected chi connectivity index (χ3v) is 12.4. The molecule has 2 heterocycles. The predicted molar refractivity (Wildman–Crippen MR) is 238 cm³/mol. The third-order valence-electron chi connectivity index (χ3n) is 11.6. The third kappa shape index (κ3) is 9.02. The van der Waals surface area contributed by atoms with Crippen LogP contribution in [0.15, 0.2) is 133 Å². The van der Waals surface area contributed by atoms with Crippen LogP contribution in [0.25, 0.3) is 11.1 Å². The van der Waals surface area contributed by atoms with Crippen LogP contribution < -0.4 is 19.7 Å². The van der Waals surface area contributed by atoms with Crippen LogP contribution in [0.3, 0.4) is 0 Å². The first kappa shape index (κ1) is 42.1. The Morgan fingerprint density at radius 3 is 2.21 bits per heavy atom. The normalized spacial score (nSPS) is 16.8. The van der Waals surface area contributed by atoms with Gasteiger partial charge in [-0.25, -0.2) is 4.79 Å². The number of aliphatic carboxylic acids is 1. The summed E-state index contributed by atoms with van der Waals surface area (Å²) in [7, 11) is 1.71. The highest BCUT2D eigenvalue weighted by molar-refractivity contribution is 6.42. The molecule has 6 aromatic rings. The number of carbonyl (C=O) groups is 3. The van der Waals surface area contributed by atoms with E-state index in [4.69, 9.17) is 37.9 Å². The molecule has 12 heteroatoms. The SMILES string of the molecule is CC(c1ccccc1)N1Cc2cc3c(cc2C[C@H]1C(=O)NC(Cc1ccc(-c2ccc(C#N)cc2)cc1)C(=O)O)N(C)C(=O)[C@H](c1ccc(OCc2ccc(Cl)c(Cl)c2)cc1)O3. The molecule has 4 atom stereocenters. The van der Waals surface area contributed by atoms with Crippen molar-refractivity contribution in [3.8, 4) is 28.7 Å². The van der Waals surface area contributed by atoms with Crippen molar-refractivity contribution < 1.29 is 29.0 Å². The van der Waals surface area contributed by atoms with Crippen molar-refractivity contribution in [2.45, 2.75) is 57.1 Å². The highest BCUT2D eigenvalue weighted by Gasteiger charge is 2.40. The summed E-state index contributed by atoms with van der Waals surface area (Å²) >= 11 is 12.2. The average Bonchev–Trinajstić information content (AvgIpc) is 3.30. The van der Waals surface area contributed by atoms with E-state index in [1.807, 2.05) is 104 Å². The van der Waals surface area contributed by atoms with E-state index >= 15 is 0 Å². The Bertz CT molecular complexity index is 2670. The molecular formula is C50H42Cl2N4O6. The number of carboxylic acids is 1. The number of benzene rings is 6. The lowest BCUT2D eigenvalue weighted by Gasteiger charge is -2.41. The topological polar surface area (TPSA) is 132 Å². The van der Waals surface area contributed by atoms with Crippen LogP contribution in [-0.4, -0.2) is 46.9 Å². The van der Waals surface area contributed by atoms with Gasteiger partial charge in [0.25, 0.3) is 5.91 Å². The Balaban J connectivity index is 1.01. The number of nitrogens with one attached hydrogen (secondary N) is 1. The number of anilines is 1. The molecule has 0 radical (unpaired) electrons. The number of nitrogens with zero attached hydrogens (tertiary/aromatic N) is 3. The number of ether oxygens (including phenoxy) is 2. The Labute approximate surface area is 369 Å². The minimum atomic E-state index is -1.18. The fourth-order valence-electron chi connectivity index (χ4n) is 8.04. The first-order valence-corrected chi connectivity index (χ1v) is 20.9. The number of rotatable bonds is 12. The Kier molecular flexibility index (Phi) is 12.3. The van der Waals surface area contributed by atoms with Crippen molar-refractivity contribution >= 4 is 46.7 Å². The number of amides is 2. The van der Waals surface area contributed by atoms with Crippen LogP contribution >= 0.6 is 23.2 Å². The number of hydrogen-bond acceptors (Lipinski definition) is 7. The van der Waals surface area contributed by atoms with E-state index in [9.17, 15) is 19.5 Å². The Morgan fingerprint density at radius 2 is 1.55 bits per heavy atom. The molecule has 0 saturated heterocycles. The van der Waals surface area contributed by atoms with E-state index in [-0.39, 0.29) is 31.4 Å². The van der Waals surface area contributed by atoms with E-state index in [2.05, 4.69) is 16.3 Å². The Hall–Kier alpha value is -6.64. The van der Waals surface area contributed by atoms with E-state index in [0.717, 1.165) is 38.9 Å². The maximum absolute atomic E-state index is 14.4. The number of halogens is 2. The molecule has 0 spiro atoms. The van der Waals surface area contributed by atoms with Crippen LogP contribution in [0.4, 0.5) is 5.69 Å². The molecule has 0 bridgehead atoms. The molecule has 2 aliphatic rings. The zero-order chi connectivity index (χ0) is 43.5. The minimum absolute atomic E-state index is 0.0830. The van der Waals surface area contributed by atoms with Crippen LogP contribution in [0.5, 0.6) is 11.5 Å². The van der Waals surface area contributed by atoms with E-state index in [0.29, 0.717) is 44.9 Å². The molecule has 10 nitrogen and oxygen atoms in total. The van der Waals surface area contributed by atoms with Gasteiger partial charge in [-0.15, -0.1) is 0 Å². The van der Waals surface area contributed by atoms with Gasteiger partial charge in [0.05, 0.1) is 33.4 Å². The summed E-state index contributed by atoms with van der Waals surface area (Å²) in [6.07, 6.45) is -0.525. The van der Waals surface area contributed by atoms with Gasteiger partial charge in [0.1, 0.15) is 24.1 Å². The molecule has 8 rings (SSSR count). The van der Waals surface area contributed by atoms with Gasteiger partial charge in [-0.3, -0.25) is 14.5 Å². The average molecular weight is 866 g/mol. The first-order chi connectivity index (χ1) is 29.9. The van der Waals surface area contributed by atoms with Crippen molar-refractivity contribution in [3.63, 3.8) is 0 Å². The van der Waals surface area contributed by atoms with Crippen molar-refractivity contribution in [2.75, 3.05) is 11.9 Å². The molecule has 312 valence electrons. The summed E-state index contributed by atoms with van der Waals surface area (Å²) in [5, 5.41) is 23.3. The minimum Gasteiger partial charge on any atom is -0.489 e. The monoisotopic (exact) mass is 864 g/mol. The van der Waals surface area contributed by atoms with Crippen molar-refractivity contribution in [1.82, 2.24) is 10.2 Å². The summed E-state index contributed by atoms with van der Waals surface area (Å²) in [4.78, 5) is 44.5. The Morgan fingerprint density at radius 1 is 0.871 bits per heavy atom. The zero-order valence-corrected chi connectivity index (χ0v) is 35.4. The molecule has 0 aliphatic carbocycles. The van der Waals surface area contributed by atoms with Gasteiger partial charge in [0.2, 0.25) is 12.0 Å². The molecule has 6 aromatic carbocycles. The van der Waals surface area contributed by atoms with Gasteiger partial charge in [0.15, 0.2) is 0 Å². The van der Waals surface area contributed by atoms with Gasteiger partial charge in [-0.05, 0) is 101 Å². The highest BCUT2D eigenvalue weighted by Crippen LogP contribution is 2.43. The zero-order valence-electron chi connectivity index (χ0n) is 33.9. The largest absolute Gasteiger partial charge is 0.489 e. The number of fused-ring (bicyclic) bond motifs is 2. The van der Waals surface area contributed by atoms with Crippen molar-refractivity contribution in [1.29, 1.82) is 5.26 Å². The molecule has 0 aromatic heterocycles. The highest BCUT2D eigenvalue weighted by atomic mass is 35.5. The lowest BCUT2D eigenvalue weighted by atomic mass is 9.89. The van der Waals surface area contributed by atoms with Gasteiger partial charge in [0, 0.05) is 31.6 Å². The molecule has 62 heavy (non-hydrogen) atoms. The van der Waals surface area contributed by atoms with E-state index < -0.39 is 30.1 Å².